The van der Waals surface area contributed by atoms with Gasteiger partial charge in [0.25, 0.3) is 0 Å². The van der Waals surface area contributed by atoms with Crippen molar-refractivity contribution < 1.29 is 14.7 Å². The molecule has 2 aliphatic heterocycles. The summed E-state index contributed by atoms with van der Waals surface area (Å²) in [4.78, 5) is 24.2. The minimum absolute atomic E-state index is 0.0126. The van der Waals surface area contributed by atoms with Gasteiger partial charge in [-0.1, -0.05) is 34.8 Å². The Balaban J connectivity index is 2.37. The number of nitrogens with zero attached hydrogens (tertiary/aromatic N) is 1. The number of amides is 1. The first-order chi connectivity index (χ1) is 8.55. The summed E-state index contributed by atoms with van der Waals surface area (Å²) in [6.45, 7) is 1.67. The van der Waals surface area contributed by atoms with Crippen LogP contribution in [-0.4, -0.2) is 41.8 Å². The Morgan fingerprint density at radius 1 is 1.63 bits per heavy atom. The van der Waals surface area contributed by atoms with E-state index in [1.54, 1.807) is 6.92 Å². The fraction of sp³-hybridized carbons (Fsp3) is 0.600. The summed E-state index contributed by atoms with van der Waals surface area (Å²) in [6.07, 6.45) is 1.31. The number of carboxylic acids is 1. The highest BCUT2D eigenvalue weighted by atomic mass is 35.6. The van der Waals surface area contributed by atoms with Crippen molar-refractivity contribution in [2.24, 2.45) is 5.73 Å². The second-order valence-electron chi connectivity index (χ2n) is 4.65. The maximum absolute atomic E-state index is 11.5. The molecule has 1 saturated heterocycles. The van der Waals surface area contributed by atoms with E-state index in [1.807, 2.05) is 0 Å². The topological polar surface area (TPSA) is 83.6 Å². The Kier molecular flexibility index (Phi) is 3.77. The van der Waals surface area contributed by atoms with Gasteiger partial charge in [0.2, 0.25) is 5.91 Å². The Bertz CT molecular complexity index is 479. The monoisotopic (exact) mass is 344 g/mol. The molecule has 0 spiro atoms. The Hall–Kier alpha value is -0.140. The van der Waals surface area contributed by atoms with Crippen LogP contribution < -0.4 is 5.73 Å². The summed E-state index contributed by atoms with van der Waals surface area (Å²) < 4.78 is -2.51. The van der Waals surface area contributed by atoms with Gasteiger partial charge in [-0.3, -0.25) is 4.79 Å². The lowest BCUT2D eigenvalue weighted by molar-refractivity contribution is -0.140. The zero-order valence-electron chi connectivity index (χ0n) is 9.77. The first-order valence-electron chi connectivity index (χ1n) is 5.33. The minimum Gasteiger partial charge on any atom is -0.478 e. The third-order valence-electron chi connectivity index (χ3n) is 3.11. The third kappa shape index (κ3) is 2.69. The number of β-lactam (4-membered cyclic amide) rings is 1. The van der Waals surface area contributed by atoms with Crippen molar-refractivity contribution in [2.75, 3.05) is 0 Å². The molecule has 0 aromatic heterocycles. The molecule has 9 heteroatoms. The van der Waals surface area contributed by atoms with E-state index >= 15 is 0 Å². The van der Waals surface area contributed by atoms with E-state index in [2.05, 4.69) is 0 Å². The van der Waals surface area contributed by atoms with Gasteiger partial charge >= 0.3 is 5.97 Å². The molecule has 2 unspecified atom stereocenters. The van der Waals surface area contributed by atoms with Crippen LogP contribution in [0.25, 0.3) is 0 Å². The predicted molar refractivity (Wildman–Crippen MR) is 75.2 cm³/mol. The number of carbonyl (C=O) groups is 2. The Morgan fingerprint density at radius 3 is 2.68 bits per heavy atom. The van der Waals surface area contributed by atoms with Crippen molar-refractivity contribution in [2.45, 2.75) is 33.3 Å². The first kappa shape index (κ1) is 15.3. The van der Waals surface area contributed by atoms with E-state index in [0.29, 0.717) is 0 Å². The summed E-state index contributed by atoms with van der Waals surface area (Å²) in [6, 6.07) is -0.647. The Labute approximate surface area is 129 Å². The molecule has 2 aliphatic rings. The molecule has 1 amide bonds. The largest absolute Gasteiger partial charge is 0.478 e. The van der Waals surface area contributed by atoms with E-state index in [1.165, 1.54) is 22.9 Å². The molecule has 0 aromatic rings. The maximum atomic E-state index is 11.5. The van der Waals surface area contributed by atoms with Crippen LogP contribution in [0.3, 0.4) is 0 Å². The summed E-state index contributed by atoms with van der Waals surface area (Å²) in [7, 11) is 0. The van der Waals surface area contributed by atoms with Gasteiger partial charge in [0.1, 0.15) is 11.4 Å². The molecule has 0 saturated carbocycles. The fourth-order valence-corrected chi connectivity index (χ4v) is 4.86. The molecule has 0 aromatic carbocycles. The van der Waals surface area contributed by atoms with Gasteiger partial charge in [-0.15, -0.1) is 11.8 Å². The molecule has 1 fully saturated rings. The molecule has 19 heavy (non-hydrogen) atoms. The van der Waals surface area contributed by atoms with Crippen LogP contribution >= 0.6 is 46.6 Å². The molecule has 0 radical (unpaired) electrons. The zero-order chi connectivity index (χ0) is 14.6. The number of rotatable bonds is 2. The normalized spacial score (nSPS) is 34.5. The second kappa shape index (κ2) is 4.70. The lowest BCUT2D eigenvalue weighted by Crippen LogP contribution is -2.68. The van der Waals surface area contributed by atoms with Crippen molar-refractivity contribution in [3.8, 4) is 0 Å². The van der Waals surface area contributed by atoms with E-state index in [9.17, 15) is 14.7 Å². The number of carbonyl (C=O) groups excluding carboxylic acids is 1. The van der Waals surface area contributed by atoms with Crippen LogP contribution in [0, 0.1) is 0 Å². The van der Waals surface area contributed by atoms with Gasteiger partial charge in [0.05, 0.1) is 10.3 Å². The van der Waals surface area contributed by atoms with Crippen molar-refractivity contribution in [3.05, 3.63) is 11.8 Å². The number of hydrogen-bond donors (Lipinski definition) is 2. The lowest BCUT2D eigenvalue weighted by atomic mass is 9.95. The standard InChI is InChI=1S/C10H11Cl3N2O3S/c1-9(3-10(11,12)13)4(8(17)18)2-15-6(16)5(14)7(15)19-9/h2,5,7H,3,14H2,1H3,(H,17,18)/t5?,7-,9?/m1/s1. The van der Waals surface area contributed by atoms with Gasteiger partial charge in [-0.2, -0.15) is 0 Å². The lowest BCUT2D eigenvalue weighted by Gasteiger charge is -2.51. The van der Waals surface area contributed by atoms with Gasteiger partial charge < -0.3 is 15.7 Å². The number of carboxylic acid groups (broad SMARTS) is 1. The predicted octanol–water partition coefficient (Wildman–Crippen LogP) is 1.72. The van der Waals surface area contributed by atoms with Crippen LogP contribution in [0.5, 0.6) is 0 Å². The van der Waals surface area contributed by atoms with Crippen molar-refractivity contribution in [1.82, 2.24) is 4.90 Å². The summed E-state index contributed by atoms with van der Waals surface area (Å²) in [5, 5.41) is 8.96. The van der Waals surface area contributed by atoms with E-state index in [-0.39, 0.29) is 23.3 Å². The molecule has 106 valence electrons. The number of fused-ring (bicyclic) bond motifs is 1. The fourth-order valence-electron chi connectivity index (χ4n) is 2.18. The average molecular weight is 346 g/mol. The molecule has 3 atom stereocenters. The van der Waals surface area contributed by atoms with E-state index < -0.39 is 20.6 Å². The molecule has 3 N–H and O–H groups in total. The van der Waals surface area contributed by atoms with Gasteiger partial charge in [0, 0.05) is 12.6 Å². The second-order valence-corrected chi connectivity index (χ2v) is 8.79. The Morgan fingerprint density at radius 2 is 2.21 bits per heavy atom. The highest BCUT2D eigenvalue weighted by Crippen LogP contribution is 2.52. The maximum Gasteiger partial charge on any atom is 0.334 e. The highest BCUT2D eigenvalue weighted by molar-refractivity contribution is 8.01. The van der Waals surface area contributed by atoms with Crippen molar-refractivity contribution >= 4 is 58.4 Å². The van der Waals surface area contributed by atoms with Gasteiger partial charge in [-0.05, 0) is 6.92 Å². The van der Waals surface area contributed by atoms with Crippen LogP contribution in [0.4, 0.5) is 0 Å². The van der Waals surface area contributed by atoms with Crippen LogP contribution in [0.15, 0.2) is 11.8 Å². The highest BCUT2D eigenvalue weighted by Gasteiger charge is 2.55. The van der Waals surface area contributed by atoms with Crippen LogP contribution in [-0.2, 0) is 9.59 Å². The third-order valence-corrected chi connectivity index (χ3v) is 5.16. The number of hydrogen-bond acceptors (Lipinski definition) is 4. The first-order valence-corrected chi connectivity index (χ1v) is 7.34. The molecule has 2 rings (SSSR count). The van der Waals surface area contributed by atoms with Gasteiger partial charge in [-0.25, -0.2) is 4.79 Å². The van der Waals surface area contributed by atoms with Crippen LogP contribution in [0.1, 0.15) is 13.3 Å². The number of nitrogens with two attached hydrogens (primary N) is 1. The molecule has 0 bridgehead atoms. The summed E-state index contributed by atoms with van der Waals surface area (Å²) in [5.41, 5.74) is 5.72. The molecule has 2 heterocycles. The van der Waals surface area contributed by atoms with E-state index in [4.69, 9.17) is 40.5 Å². The van der Waals surface area contributed by atoms with Crippen LogP contribution in [0.2, 0.25) is 0 Å². The quantitative estimate of drug-likeness (QED) is 0.588. The molecular formula is C10H11Cl3N2O3S. The molecular weight excluding hydrogens is 335 g/mol. The minimum atomic E-state index is -1.59. The molecule has 0 aliphatic carbocycles. The van der Waals surface area contributed by atoms with Crippen molar-refractivity contribution in [3.63, 3.8) is 0 Å². The van der Waals surface area contributed by atoms with Gasteiger partial charge in [0.15, 0.2) is 3.79 Å². The average Bonchev–Trinajstić information content (AvgIpc) is 2.24. The number of thioether (sulfide) groups is 1. The summed E-state index contributed by atoms with van der Waals surface area (Å²) in [5.74, 6) is -1.44. The van der Waals surface area contributed by atoms with E-state index in [0.717, 1.165) is 0 Å². The number of alkyl halides is 3. The SMILES string of the molecule is CC1(CC(Cl)(Cl)Cl)S[C@@H]2C(N)C(=O)N2C=C1C(=O)O. The number of aliphatic carboxylic acids is 1. The smallest absolute Gasteiger partial charge is 0.334 e. The number of halogens is 3. The zero-order valence-corrected chi connectivity index (χ0v) is 12.9. The summed E-state index contributed by atoms with van der Waals surface area (Å²) >= 11 is 18.6. The van der Waals surface area contributed by atoms with Crippen molar-refractivity contribution in [1.29, 1.82) is 0 Å². The molecule has 5 nitrogen and oxygen atoms in total.